The van der Waals surface area contributed by atoms with Gasteiger partial charge in [-0.3, -0.25) is 0 Å². The second-order valence-corrected chi connectivity index (χ2v) is 6.16. The van der Waals surface area contributed by atoms with Crippen LogP contribution in [0.5, 0.6) is 0 Å². The summed E-state index contributed by atoms with van der Waals surface area (Å²) in [6.07, 6.45) is -0.811. The molecule has 0 aliphatic rings. The molecule has 24 heavy (non-hydrogen) atoms. The number of aliphatic hydroxyl groups excluding tert-OH is 2. The Hall–Kier alpha value is -2.14. The van der Waals surface area contributed by atoms with E-state index in [1.807, 2.05) is 55.5 Å². The molecule has 0 aliphatic carbocycles. The number of aromatic nitrogens is 1. The summed E-state index contributed by atoms with van der Waals surface area (Å²) in [7, 11) is 0. The molecule has 3 rings (SSSR count). The molecular weight excluding hydrogens is 324 g/mol. The SMILES string of the molecule is Cc1ccc(-c2cc(NC[C@H](O)CO)c3ccccc3n2)cc1Cl. The third-order valence-corrected chi connectivity index (χ3v) is 4.33. The topological polar surface area (TPSA) is 65.4 Å². The zero-order valence-electron chi connectivity index (χ0n) is 13.3. The van der Waals surface area contributed by atoms with Crippen LogP contribution < -0.4 is 5.32 Å². The van der Waals surface area contributed by atoms with Crippen molar-refractivity contribution < 1.29 is 10.2 Å². The minimum Gasteiger partial charge on any atom is -0.394 e. The highest BCUT2D eigenvalue weighted by molar-refractivity contribution is 6.31. The van der Waals surface area contributed by atoms with Gasteiger partial charge in [0.1, 0.15) is 0 Å². The van der Waals surface area contributed by atoms with Crippen molar-refractivity contribution in [2.24, 2.45) is 0 Å². The number of fused-ring (bicyclic) bond motifs is 1. The zero-order valence-corrected chi connectivity index (χ0v) is 14.1. The summed E-state index contributed by atoms with van der Waals surface area (Å²) in [5.41, 5.74) is 4.47. The second-order valence-electron chi connectivity index (χ2n) is 5.75. The van der Waals surface area contributed by atoms with Crippen molar-refractivity contribution >= 4 is 28.2 Å². The Kier molecular flexibility index (Phi) is 5.00. The Labute approximate surface area is 145 Å². The molecule has 0 radical (unpaired) electrons. The number of nitrogens with zero attached hydrogens (tertiary/aromatic N) is 1. The van der Waals surface area contributed by atoms with E-state index in [9.17, 15) is 5.11 Å². The van der Waals surface area contributed by atoms with Crippen LogP contribution in [0.1, 0.15) is 5.56 Å². The Morgan fingerprint density at radius 1 is 1.17 bits per heavy atom. The first kappa shape index (κ1) is 16.7. The molecule has 1 aromatic heterocycles. The van der Waals surface area contributed by atoms with Gasteiger partial charge in [0.2, 0.25) is 0 Å². The van der Waals surface area contributed by atoms with Gasteiger partial charge in [-0.05, 0) is 30.7 Å². The maximum Gasteiger partial charge on any atom is 0.0942 e. The average Bonchev–Trinajstić information content (AvgIpc) is 2.61. The van der Waals surface area contributed by atoms with E-state index >= 15 is 0 Å². The molecule has 0 saturated carbocycles. The van der Waals surface area contributed by atoms with Gasteiger partial charge in [0.15, 0.2) is 0 Å². The molecule has 0 fully saturated rings. The minimum atomic E-state index is -0.811. The van der Waals surface area contributed by atoms with Crippen LogP contribution in [-0.4, -0.2) is 34.5 Å². The van der Waals surface area contributed by atoms with E-state index in [1.54, 1.807) is 0 Å². The van der Waals surface area contributed by atoms with Gasteiger partial charge in [-0.25, -0.2) is 4.98 Å². The van der Waals surface area contributed by atoms with E-state index in [0.717, 1.165) is 33.4 Å². The molecule has 1 heterocycles. The number of rotatable bonds is 5. The lowest BCUT2D eigenvalue weighted by Crippen LogP contribution is -2.23. The Bertz CT molecular complexity index is 867. The Morgan fingerprint density at radius 2 is 1.96 bits per heavy atom. The number of hydrogen-bond acceptors (Lipinski definition) is 4. The molecule has 0 spiro atoms. The fourth-order valence-corrected chi connectivity index (χ4v) is 2.69. The predicted octanol–water partition coefficient (Wildman–Crippen LogP) is 3.63. The zero-order chi connectivity index (χ0) is 17.1. The first-order valence-electron chi connectivity index (χ1n) is 7.77. The number of nitrogens with one attached hydrogen (secondary N) is 1. The third-order valence-electron chi connectivity index (χ3n) is 3.92. The lowest BCUT2D eigenvalue weighted by molar-refractivity contribution is 0.105. The molecule has 124 valence electrons. The molecule has 4 nitrogen and oxygen atoms in total. The van der Waals surface area contributed by atoms with Crippen LogP contribution in [0, 0.1) is 6.92 Å². The van der Waals surface area contributed by atoms with Crippen molar-refractivity contribution in [1.82, 2.24) is 4.98 Å². The maximum atomic E-state index is 9.60. The van der Waals surface area contributed by atoms with Gasteiger partial charge >= 0.3 is 0 Å². The number of pyridine rings is 1. The summed E-state index contributed by atoms with van der Waals surface area (Å²) in [5.74, 6) is 0. The van der Waals surface area contributed by atoms with Gasteiger partial charge in [0.25, 0.3) is 0 Å². The van der Waals surface area contributed by atoms with Crippen LogP contribution in [0.2, 0.25) is 5.02 Å². The van der Waals surface area contributed by atoms with Crippen LogP contribution in [-0.2, 0) is 0 Å². The van der Waals surface area contributed by atoms with Gasteiger partial charge in [-0.2, -0.15) is 0 Å². The molecule has 3 aromatic rings. The number of halogens is 1. The van der Waals surface area contributed by atoms with Gasteiger partial charge in [-0.1, -0.05) is 41.9 Å². The largest absolute Gasteiger partial charge is 0.394 e. The van der Waals surface area contributed by atoms with Crippen molar-refractivity contribution in [3.8, 4) is 11.3 Å². The molecule has 0 unspecified atom stereocenters. The van der Waals surface area contributed by atoms with Gasteiger partial charge in [-0.15, -0.1) is 0 Å². The monoisotopic (exact) mass is 342 g/mol. The van der Waals surface area contributed by atoms with Gasteiger partial charge < -0.3 is 15.5 Å². The molecule has 0 amide bonds. The lowest BCUT2D eigenvalue weighted by atomic mass is 10.1. The number of aliphatic hydroxyl groups is 2. The molecule has 2 aromatic carbocycles. The molecule has 3 N–H and O–H groups in total. The molecule has 0 bridgehead atoms. The van der Waals surface area contributed by atoms with Crippen LogP contribution in [0.25, 0.3) is 22.2 Å². The highest BCUT2D eigenvalue weighted by Crippen LogP contribution is 2.30. The fourth-order valence-electron chi connectivity index (χ4n) is 2.51. The van der Waals surface area contributed by atoms with Crippen LogP contribution >= 0.6 is 11.6 Å². The number of para-hydroxylation sites is 1. The number of anilines is 1. The number of aryl methyl sites for hydroxylation is 1. The Balaban J connectivity index is 2.07. The van der Waals surface area contributed by atoms with Crippen molar-refractivity contribution in [3.63, 3.8) is 0 Å². The van der Waals surface area contributed by atoms with E-state index in [-0.39, 0.29) is 13.2 Å². The maximum absolute atomic E-state index is 9.60. The van der Waals surface area contributed by atoms with Crippen molar-refractivity contribution in [2.45, 2.75) is 13.0 Å². The van der Waals surface area contributed by atoms with E-state index in [1.165, 1.54) is 0 Å². The van der Waals surface area contributed by atoms with Crippen molar-refractivity contribution in [3.05, 3.63) is 59.1 Å². The van der Waals surface area contributed by atoms with E-state index in [2.05, 4.69) is 5.32 Å². The average molecular weight is 343 g/mol. The quantitative estimate of drug-likeness (QED) is 0.662. The molecular formula is C19H19ClN2O2. The minimum absolute atomic E-state index is 0.263. The van der Waals surface area contributed by atoms with E-state index < -0.39 is 6.10 Å². The lowest BCUT2D eigenvalue weighted by Gasteiger charge is -2.14. The molecule has 0 aliphatic heterocycles. The summed E-state index contributed by atoms with van der Waals surface area (Å²) >= 11 is 6.24. The molecule has 0 saturated heterocycles. The van der Waals surface area contributed by atoms with Crippen molar-refractivity contribution in [1.29, 1.82) is 0 Å². The third kappa shape index (κ3) is 3.51. The van der Waals surface area contributed by atoms with E-state index in [0.29, 0.717) is 5.02 Å². The fraction of sp³-hybridized carbons (Fsp3) is 0.211. The first-order chi connectivity index (χ1) is 11.6. The normalized spacial score (nSPS) is 12.3. The molecule has 1 atom stereocenters. The highest BCUT2D eigenvalue weighted by Gasteiger charge is 2.10. The summed E-state index contributed by atoms with van der Waals surface area (Å²) in [6.45, 7) is 1.94. The van der Waals surface area contributed by atoms with Crippen molar-refractivity contribution in [2.75, 3.05) is 18.5 Å². The Morgan fingerprint density at radius 3 is 2.71 bits per heavy atom. The summed E-state index contributed by atoms with van der Waals surface area (Å²) in [5, 5.41) is 23.5. The highest BCUT2D eigenvalue weighted by atomic mass is 35.5. The van der Waals surface area contributed by atoms with Crippen LogP contribution in [0.3, 0.4) is 0 Å². The van der Waals surface area contributed by atoms with Gasteiger partial charge in [0.05, 0.1) is 23.9 Å². The summed E-state index contributed by atoms with van der Waals surface area (Å²) < 4.78 is 0. The molecule has 5 heteroatoms. The van der Waals surface area contributed by atoms with Crippen LogP contribution in [0.15, 0.2) is 48.5 Å². The standard InChI is InChI=1S/C19H19ClN2O2/c1-12-6-7-13(8-16(12)20)18-9-19(21-10-14(24)11-23)15-4-2-3-5-17(15)22-18/h2-9,14,23-24H,10-11H2,1H3,(H,21,22)/t14-/m0/s1. The van der Waals surface area contributed by atoms with E-state index in [4.69, 9.17) is 21.7 Å². The summed E-state index contributed by atoms with van der Waals surface area (Å²) in [4.78, 5) is 4.71. The number of benzene rings is 2. The predicted molar refractivity (Wildman–Crippen MR) is 98.5 cm³/mol. The smallest absolute Gasteiger partial charge is 0.0942 e. The van der Waals surface area contributed by atoms with Crippen LogP contribution in [0.4, 0.5) is 5.69 Å². The first-order valence-corrected chi connectivity index (χ1v) is 8.15. The second kappa shape index (κ2) is 7.18. The van der Waals surface area contributed by atoms with Gasteiger partial charge in [0, 0.05) is 28.2 Å². The summed E-state index contributed by atoms with van der Waals surface area (Å²) in [6, 6.07) is 15.6. The number of hydrogen-bond donors (Lipinski definition) is 3.